The van der Waals surface area contributed by atoms with Crippen molar-refractivity contribution in [3.8, 4) is 0 Å². The van der Waals surface area contributed by atoms with Gasteiger partial charge in [0.25, 0.3) is 0 Å². The number of aromatic nitrogens is 2. The first-order valence-electron chi connectivity index (χ1n) is 7.27. The third-order valence-corrected chi connectivity index (χ3v) is 3.65. The van der Waals surface area contributed by atoms with Crippen molar-refractivity contribution in [3.05, 3.63) is 53.3 Å². The predicted octanol–water partition coefficient (Wildman–Crippen LogP) is 2.51. The van der Waals surface area contributed by atoms with Gasteiger partial charge in [-0.2, -0.15) is 5.10 Å². The van der Waals surface area contributed by atoms with E-state index in [0.717, 1.165) is 31.4 Å². The zero-order chi connectivity index (χ0) is 14.4. The van der Waals surface area contributed by atoms with Gasteiger partial charge in [-0.15, -0.1) is 0 Å². The Morgan fingerprint density at radius 2 is 2.05 bits per heavy atom. The van der Waals surface area contributed by atoms with E-state index in [-0.39, 0.29) is 6.04 Å². The van der Waals surface area contributed by atoms with E-state index in [1.807, 2.05) is 11.7 Å². The van der Waals surface area contributed by atoms with Gasteiger partial charge >= 0.3 is 0 Å². The molecular formula is C16H24N4. The van der Waals surface area contributed by atoms with Crippen LogP contribution in [0.15, 0.2) is 36.5 Å². The molecule has 0 aliphatic heterocycles. The molecule has 0 saturated heterocycles. The van der Waals surface area contributed by atoms with Crippen molar-refractivity contribution in [2.75, 3.05) is 0 Å². The summed E-state index contributed by atoms with van der Waals surface area (Å²) in [5.74, 6) is 5.73. The molecule has 0 spiro atoms. The van der Waals surface area contributed by atoms with E-state index < -0.39 is 0 Å². The Bertz CT molecular complexity index is 519. The lowest BCUT2D eigenvalue weighted by Gasteiger charge is -2.15. The van der Waals surface area contributed by atoms with Gasteiger partial charge in [-0.25, -0.2) is 0 Å². The zero-order valence-corrected chi connectivity index (χ0v) is 12.3. The van der Waals surface area contributed by atoms with E-state index in [1.54, 1.807) is 0 Å². The second-order valence-corrected chi connectivity index (χ2v) is 5.16. The van der Waals surface area contributed by atoms with Gasteiger partial charge in [-0.05, 0) is 31.2 Å². The molecule has 1 atom stereocenters. The van der Waals surface area contributed by atoms with E-state index in [9.17, 15) is 0 Å². The molecule has 4 heteroatoms. The van der Waals surface area contributed by atoms with Crippen LogP contribution in [0, 0.1) is 0 Å². The van der Waals surface area contributed by atoms with Gasteiger partial charge in [-0.3, -0.25) is 16.0 Å². The largest absolute Gasteiger partial charge is 0.275 e. The normalized spacial score (nSPS) is 12.6. The molecule has 0 bridgehead atoms. The lowest BCUT2D eigenvalue weighted by molar-refractivity contribution is 0.495. The summed E-state index contributed by atoms with van der Waals surface area (Å²) in [6, 6.07) is 10.8. The summed E-state index contributed by atoms with van der Waals surface area (Å²) in [7, 11) is 1.96. The predicted molar refractivity (Wildman–Crippen MR) is 82.0 cm³/mol. The fourth-order valence-electron chi connectivity index (χ4n) is 2.60. The van der Waals surface area contributed by atoms with Crippen LogP contribution in [-0.4, -0.2) is 9.78 Å². The maximum Gasteiger partial charge on any atom is 0.0670 e. The van der Waals surface area contributed by atoms with Gasteiger partial charge < -0.3 is 0 Å². The number of hydrogen-bond acceptors (Lipinski definition) is 3. The van der Waals surface area contributed by atoms with Gasteiger partial charge in [0, 0.05) is 24.8 Å². The van der Waals surface area contributed by atoms with Crippen LogP contribution in [0.1, 0.15) is 42.6 Å². The smallest absolute Gasteiger partial charge is 0.0670 e. The van der Waals surface area contributed by atoms with Crippen LogP contribution >= 0.6 is 0 Å². The minimum atomic E-state index is 0.183. The lowest BCUT2D eigenvalue weighted by Crippen LogP contribution is -2.28. The van der Waals surface area contributed by atoms with Gasteiger partial charge in [-0.1, -0.05) is 37.3 Å². The van der Waals surface area contributed by atoms with Gasteiger partial charge in [0.2, 0.25) is 0 Å². The van der Waals surface area contributed by atoms with E-state index in [2.05, 4.69) is 54.0 Å². The summed E-state index contributed by atoms with van der Waals surface area (Å²) in [4.78, 5) is 0. The van der Waals surface area contributed by atoms with Crippen molar-refractivity contribution in [1.29, 1.82) is 0 Å². The minimum absolute atomic E-state index is 0.183. The van der Waals surface area contributed by atoms with Crippen LogP contribution in [0.4, 0.5) is 0 Å². The molecule has 0 saturated carbocycles. The molecule has 0 aliphatic rings. The molecule has 2 rings (SSSR count). The molecule has 1 heterocycles. The van der Waals surface area contributed by atoms with Gasteiger partial charge in [0.05, 0.1) is 5.69 Å². The maximum atomic E-state index is 5.73. The molecule has 1 aromatic carbocycles. The van der Waals surface area contributed by atoms with Crippen molar-refractivity contribution in [2.24, 2.45) is 12.9 Å². The second kappa shape index (κ2) is 7.22. The summed E-state index contributed by atoms with van der Waals surface area (Å²) < 4.78 is 1.87. The summed E-state index contributed by atoms with van der Waals surface area (Å²) in [6.07, 6.45) is 6.22. The van der Waals surface area contributed by atoms with Crippen LogP contribution < -0.4 is 11.3 Å². The molecule has 108 valence electrons. The first-order chi connectivity index (χ1) is 9.74. The number of rotatable bonds is 7. The Hall–Kier alpha value is -1.65. The third-order valence-electron chi connectivity index (χ3n) is 3.65. The molecule has 20 heavy (non-hydrogen) atoms. The highest BCUT2D eigenvalue weighted by molar-refractivity contribution is 5.21. The van der Waals surface area contributed by atoms with Crippen molar-refractivity contribution in [1.82, 2.24) is 15.2 Å². The zero-order valence-electron chi connectivity index (χ0n) is 12.3. The average Bonchev–Trinajstić information content (AvgIpc) is 2.85. The number of nitrogens with zero attached hydrogens (tertiary/aromatic N) is 2. The highest BCUT2D eigenvalue weighted by Gasteiger charge is 2.16. The Morgan fingerprint density at radius 3 is 2.70 bits per heavy atom. The Kier molecular flexibility index (Phi) is 5.32. The summed E-state index contributed by atoms with van der Waals surface area (Å²) in [6.45, 7) is 2.13. The summed E-state index contributed by atoms with van der Waals surface area (Å²) >= 11 is 0. The van der Waals surface area contributed by atoms with E-state index in [1.165, 1.54) is 11.1 Å². The first-order valence-corrected chi connectivity index (χ1v) is 7.27. The first kappa shape index (κ1) is 14.8. The molecule has 4 nitrogen and oxygen atoms in total. The highest BCUT2D eigenvalue weighted by atomic mass is 15.3. The molecule has 2 aromatic rings. The van der Waals surface area contributed by atoms with Crippen molar-refractivity contribution in [3.63, 3.8) is 0 Å². The number of nitrogens with two attached hydrogens (primary N) is 1. The van der Waals surface area contributed by atoms with E-state index >= 15 is 0 Å². The maximum absolute atomic E-state index is 5.73. The highest BCUT2D eigenvalue weighted by Crippen LogP contribution is 2.22. The number of nitrogens with one attached hydrogen (secondary N) is 1. The van der Waals surface area contributed by atoms with Crippen molar-refractivity contribution >= 4 is 0 Å². The van der Waals surface area contributed by atoms with Crippen LogP contribution in [0.3, 0.4) is 0 Å². The molecule has 1 aromatic heterocycles. The van der Waals surface area contributed by atoms with E-state index in [0.29, 0.717) is 0 Å². The van der Waals surface area contributed by atoms with E-state index in [4.69, 9.17) is 5.84 Å². The topological polar surface area (TPSA) is 55.9 Å². The second-order valence-electron chi connectivity index (χ2n) is 5.16. The number of aryl methyl sites for hydroxylation is 3. The fourth-order valence-corrected chi connectivity index (χ4v) is 2.60. The van der Waals surface area contributed by atoms with Crippen molar-refractivity contribution < 1.29 is 0 Å². The molecule has 0 radical (unpaired) electrons. The molecule has 3 N–H and O–H groups in total. The van der Waals surface area contributed by atoms with Crippen molar-refractivity contribution in [2.45, 2.75) is 38.6 Å². The monoisotopic (exact) mass is 272 g/mol. The number of benzene rings is 1. The van der Waals surface area contributed by atoms with Gasteiger partial charge in [0.1, 0.15) is 0 Å². The van der Waals surface area contributed by atoms with Gasteiger partial charge in [0.15, 0.2) is 0 Å². The Labute approximate surface area is 121 Å². The molecule has 0 aliphatic carbocycles. The van der Waals surface area contributed by atoms with Crippen LogP contribution in [0.25, 0.3) is 0 Å². The summed E-state index contributed by atoms with van der Waals surface area (Å²) in [5.41, 5.74) is 6.68. The molecule has 0 amide bonds. The minimum Gasteiger partial charge on any atom is -0.275 e. The quantitative estimate of drug-likeness (QED) is 0.601. The molecule has 0 fully saturated rings. The fraction of sp³-hybridized carbons (Fsp3) is 0.438. The number of hydrogen-bond donors (Lipinski definition) is 2. The molecule has 1 unspecified atom stereocenters. The van der Waals surface area contributed by atoms with Crippen LogP contribution in [0.5, 0.6) is 0 Å². The standard InChI is InChI=1S/C16H24N4/c1-3-15-14(12-20(2)19-15)16(18-17)11-7-10-13-8-5-4-6-9-13/h4-6,8-9,12,16,18H,3,7,10-11,17H2,1-2H3. The van der Waals surface area contributed by atoms with Crippen LogP contribution in [-0.2, 0) is 19.9 Å². The van der Waals surface area contributed by atoms with Crippen LogP contribution in [0.2, 0.25) is 0 Å². The third kappa shape index (κ3) is 3.68. The Morgan fingerprint density at radius 1 is 1.30 bits per heavy atom. The molecular weight excluding hydrogens is 248 g/mol. The number of hydrazine groups is 1. The lowest BCUT2D eigenvalue weighted by atomic mass is 9.99. The summed E-state index contributed by atoms with van der Waals surface area (Å²) in [5, 5.41) is 4.49. The Balaban J connectivity index is 1.95. The average molecular weight is 272 g/mol. The SMILES string of the molecule is CCc1nn(C)cc1C(CCCc1ccccc1)NN.